The standard InChI is InChI=1S/C20H27NO8/c1-12(22)26-11-17-18(27-13(2)23)16(19(20(21)29-17)28-14(3)24)10-25-9-15-7-5-4-6-8-15/h4-8,16-20H,9-11,21H2,1-3H3/t16-,17+,18-,19+,20+/m0/s1. The largest absolute Gasteiger partial charge is 0.463 e. The molecule has 1 aliphatic heterocycles. The van der Waals surface area contributed by atoms with E-state index >= 15 is 0 Å². The van der Waals surface area contributed by atoms with E-state index in [4.69, 9.17) is 29.4 Å². The molecule has 1 saturated heterocycles. The second-order valence-electron chi connectivity index (χ2n) is 6.75. The lowest BCUT2D eigenvalue weighted by molar-refractivity contribution is -0.237. The fourth-order valence-electron chi connectivity index (χ4n) is 3.17. The number of nitrogens with two attached hydrogens (primary N) is 1. The van der Waals surface area contributed by atoms with Crippen LogP contribution in [-0.2, 0) is 44.7 Å². The van der Waals surface area contributed by atoms with Crippen molar-refractivity contribution in [2.45, 2.75) is 51.9 Å². The highest BCUT2D eigenvalue weighted by Gasteiger charge is 2.48. The summed E-state index contributed by atoms with van der Waals surface area (Å²) in [4.78, 5) is 34.5. The smallest absolute Gasteiger partial charge is 0.303 e. The van der Waals surface area contributed by atoms with Crippen molar-refractivity contribution in [3.8, 4) is 0 Å². The molecule has 0 radical (unpaired) electrons. The summed E-state index contributed by atoms with van der Waals surface area (Å²) in [7, 11) is 0. The van der Waals surface area contributed by atoms with Crippen LogP contribution >= 0.6 is 0 Å². The minimum Gasteiger partial charge on any atom is -0.463 e. The minimum absolute atomic E-state index is 0.0818. The van der Waals surface area contributed by atoms with Gasteiger partial charge in [-0.05, 0) is 5.56 Å². The molecular formula is C20H27NO8. The molecule has 2 rings (SSSR count). The van der Waals surface area contributed by atoms with Gasteiger partial charge in [0.05, 0.1) is 19.1 Å². The Morgan fingerprint density at radius 3 is 2.14 bits per heavy atom. The molecule has 0 aromatic heterocycles. The molecule has 0 unspecified atom stereocenters. The monoisotopic (exact) mass is 409 g/mol. The number of benzene rings is 1. The fraction of sp³-hybridized carbons (Fsp3) is 0.550. The summed E-state index contributed by atoms with van der Waals surface area (Å²) in [6.07, 6.45) is -3.61. The number of ether oxygens (including phenoxy) is 5. The SMILES string of the molecule is CC(=O)OC[C@H]1O[C@@H](N)[C@H](OC(C)=O)[C@@H](COCc2ccccc2)[C@@H]1OC(C)=O. The summed E-state index contributed by atoms with van der Waals surface area (Å²) in [6.45, 7) is 3.98. The second-order valence-corrected chi connectivity index (χ2v) is 6.75. The third-order valence-electron chi connectivity index (χ3n) is 4.34. The van der Waals surface area contributed by atoms with Gasteiger partial charge < -0.3 is 29.4 Å². The van der Waals surface area contributed by atoms with Crippen LogP contribution in [0.1, 0.15) is 26.3 Å². The van der Waals surface area contributed by atoms with Gasteiger partial charge in [-0.1, -0.05) is 30.3 Å². The van der Waals surface area contributed by atoms with Crippen molar-refractivity contribution in [2.75, 3.05) is 13.2 Å². The van der Waals surface area contributed by atoms with Crippen LogP contribution in [0.15, 0.2) is 30.3 Å². The van der Waals surface area contributed by atoms with Crippen molar-refractivity contribution in [1.29, 1.82) is 0 Å². The lowest BCUT2D eigenvalue weighted by Gasteiger charge is -2.44. The second kappa shape index (κ2) is 10.9. The van der Waals surface area contributed by atoms with Crippen molar-refractivity contribution >= 4 is 17.9 Å². The first-order chi connectivity index (χ1) is 13.8. The van der Waals surface area contributed by atoms with Gasteiger partial charge in [-0.25, -0.2) is 0 Å². The van der Waals surface area contributed by atoms with E-state index in [1.54, 1.807) is 0 Å². The third kappa shape index (κ3) is 7.12. The van der Waals surface area contributed by atoms with Crippen molar-refractivity contribution < 1.29 is 38.1 Å². The Balaban J connectivity index is 2.19. The van der Waals surface area contributed by atoms with Crippen LogP contribution < -0.4 is 5.73 Å². The number of hydrogen-bond acceptors (Lipinski definition) is 9. The Labute approximate surface area is 169 Å². The summed E-state index contributed by atoms with van der Waals surface area (Å²) < 4.78 is 27.2. The van der Waals surface area contributed by atoms with Crippen LogP contribution in [0, 0.1) is 5.92 Å². The Kier molecular flexibility index (Phi) is 8.56. The van der Waals surface area contributed by atoms with Crippen LogP contribution in [0.4, 0.5) is 0 Å². The van der Waals surface area contributed by atoms with E-state index in [1.165, 1.54) is 20.8 Å². The van der Waals surface area contributed by atoms with Gasteiger partial charge in [-0.15, -0.1) is 0 Å². The molecule has 1 aromatic rings. The molecular weight excluding hydrogens is 382 g/mol. The average molecular weight is 409 g/mol. The van der Waals surface area contributed by atoms with E-state index in [2.05, 4.69) is 0 Å². The lowest BCUT2D eigenvalue weighted by Crippen LogP contribution is -2.61. The summed E-state index contributed by atoms with van der Waals surface area (Å²) >= 11 is 0. The Morgan fingerprint density at radius 2 is 1.55 bits per heavy atom. The molecule has 0 spiro atoms. The van der Waals surface area contributed by atoms with Gasteiger partial charge in [0.1, 0.15) is 31.1 Å². The zero-order chi connectivity index (χ0) is 21.4. The lowest BCUT2D eigenvalue weighted by atomic mass is 9.88. The van der Waals surface area contributed by atoms with Crippen LogP contribution in [0.5, 0.6) is 0 Å². The van der Waals surface area contributed by atoms with Gasteiger partial charge in [0.25, 0.3) is 0 Å². The van der Waals surface area contributed by atoms with E-state index in [0.717, 1.165) is 5.56 Å². The number of carbonyl (C=O) groups is 3. The van der Waals surface area contributed by atoms with Gasteiger partial charge in [0, 0.05) is 20.8 Å². The maximum atomic E-state index is 11.7. The highest BCUT2D eigenvalue weighted by Crippen LogP contribution is 2.30. The zero-order valence-corrected chi connectivity index (χ0v) is 16.7. The van der Waals surface area contributed by atoms with Gasteiger partial charge in [0.15, 0.2) is 0 Å². The Hall–Kier alpha value is -2.49. The van der Waals surface area contributed by atoms with Gasteiger partial charge in [-0.2, -0.15) is 0 Å². The molecule has 1 fully saturated rings. The molecule has 9 nitrogen and oxygen atoms in total. The third-order valence-corrected chi connectivity index (χ3v) is 4.34. The summed E-state index contributed by atoms with van der Waals surface area (Å²) in [5.41, 5.74) is 7.01. The van der Waals surface area contributed by atoms with Crippen molar-refractivity contribution in [3.05, 3.63) is 35.9 Å². The van der Waals surface area contributed by atoms with Crippen molar-refractivity contribution in [3.63, 3.8) is 0 Å². The summed E-state index contributed by atoms with van der Waals surface area (Å²) in [5, 5.41) is 0. The fourth-order valence-corrected chi connectivity index (χ4v) is 3.17. The first kappa shape index (κ1) is 22.8. The molecule has 1 aliphatic rings. The average Bonchev–Trinajstić information content (AvgIpc) is 2.65. The predicted molar refractivity (Wildman–Crippen MR) is 100 cm³/mol. The Morgan fingerprint density at radius 1 is 0.931 bits per heavy atom. The van der Waals surface area contributed by atoms with Crippen LogP contribution in [0.25, 0.3) is 0 Å². The summed E-state index contributed by atoms with van der Waals surface area (Å²) in [6, 6.07) is 9.50. The molecule has 29 heavy (non-hydrogen) atoms. The highest BCUT2D eigenvalue weighted by molar-refractivity contribution is 5.67. The quantitative estimate of drug-likeness (QED) is 0.493. The maximum absolute atomic E-state index is 11.7. The van der Waals surface area contributed by atoms with Gasteiger partial charge in [0.2, 0.25) is 0 Å². The molecule has 1 heterocycles. The molecule has 0 saturated carbocycles. The van der Waals surface area contributed by atoms with E-state index in [9.17, 15) is 14.4 Å². The van der Waals surface area contributed by atoms with Crippen LogP contribution in [-0.4, -0.2) is 55.7 Å². The summed E-state index contributed by atoms with van der Waals surface area (Å²) in [5.74, 6) is -2.24. The van der Waals surface area contributed by atoms with E-state index in [1.807, 2.05) is 30.3 Å². The van der Waals surface area contributed by atoms with Gasteiger partial charge in [-0.3, -0.25) is 14.4 Å². The molecule has 0 bridgehead atoms. The minimum atomic E-state index is -1.00. The Bertz CT molecular complexity index is 695. The first-order valence-corrected chi connectivity index (χ1v) is 9.28. The molecule has 0 aliphatic carbocycles. The zero-order valence-electron chi connectivity index (χ0n) is 16.7. The molecule has 0 amide bonds. The van der Waals surface area contributed by atoms with Crippen molar-refractivity contribution in [1.82, 2.24) is 0 Å². The van der Waals surface area contributed by atoms with Crippen molar-refractivity contribution in [2.24, 2.45) is 11.7 Å². The van der Waals surface area contributed by atoms with E-state index < -0.39 is 48.4 Å². The first-order valence-electron chi connectivity index (χ1n) is 9.28. The highest BCUT2D eigenvalue weighted by atomic mass is 16.6. The maximum Gasteiger partial charge on any atom is 0.303 e. The molecule has 5 atom stereocenters. The predicted octanol–water partition coefficient (Wildman–Crippen LogP) is 0.930. The normalized spacial score (nSPS) is 26.4. The number of hydrogen-bond donors (Lipinski definition) is 1. The molecule has 2 N–H and O–H groups in total. The van der Waals surface area contributed by atoms with Crippen LogP contribution in [0.3, 0.4) is 0 Å². The topological polar surface area (TPSA) is 123 Å². The molecule has 160 valence electrons. The van der Waals surface area contributed by atoms with E-state index in [-0.39, 0.29) is 13.2 Å². The number of esters is 3. The number of rotatable bonds is 8. The van der Waals surface area contributed by atoms with Gasteiger partial charge >= 0.3 is 17.9 Å². The molecule has 1 aromatic carbocycles. The molecule has 9 heteroatoms. The van der Waals surface area contributed by atoms with Crippen LogP contribution in [0.2, 0.25) is 0 Å². The number of carbonyl (C=O) groups excluding carboxylic acids is 3. The van der Waals surface area contributed by atoms with E-state index in [0.29, 0.717) is 6.61 Å².